The van der Waals surface area contributed by atoms with E-state index in [1.165, 1.54) is 205 Å². The molecule has 0 aliphatic rings. The minimum atomic E-state index is -0.133. The number of unbranched alkanes of at least 4 members (excludes halogenated alkanes) is 34. The predicted molar refractivity (Wildman–Crippen MR) is 220 cm³/mol. The Morgan fingerprint density at radius 2 is 0.471 bits per heavy atom. The summed E-state index contributed by atoms with van der Waals surface area (Å²) >= 11 is 0. The third-order valence-corrected chi connectivity index (χ3v) is 10.5. The third-order valence-electron chi connectivity index (χ3n) is 10.5. The maximum atomic E-state index is 11.9. The van der Waals surface area contributed by atoms with Crippen LogP contribution >= 0.6 is 0 Å². The van der Waals surface area contributed by atoms with Crippen LogP contribution in [0.15, 0.2) is 0 Å². The highest BCUT2D eigenvalue weighted by molar-refractivity contribution is 5.69. The molecule has 0 aliphatic heterocycles. The summed E-state index contributed by atoms with van der Waals surface area (Å²) in [4.78, 5) is 23.9. The molecule has 0 saturated carbocycles. The molecule has 0 unspecified atom stereocenters. The first kappa shape index (κ1) is 49.9. The van der Waals surface area contributed by atoms with Gasteiger partial charge >= 0.3 is 11.9 Å². The van der Waals surface area contributed by atoms with Crippen molar-refractivity contribution in [2.24, 2.45) is 0 Å². The number of hydrogen-bond donors (Lipinski definition) is 0. The molecule has 0 radical (unpaired) electrons. The second-order valence-electron chi connectivity index (χ2n) is 15.6. The van der Waals surface area contributed by atoms with Crippen molar-refractivity contribution in [2.75, 3.05) is 26.4 Å². The lowest BCUT2D eigenvalue weighted by Crippen LogP contribution is -2.14. The molecule has 0 aromatic heterocycles. The van der Waals surface area contributed by atoms with Gasteiger partial charge in [-0.3, -0.25) is 9.59 Å². The van der Waals surface area contributed by atoms with Crippen LogP contribution in [0.4, 0.5) is 0 Å². The molecule has 0 aromatic carbocycles. The van der Waals surface area contributed by atoms with Crippen molar-refractivity contribution in [1.29, 1.82) is 0 Å². The van der Waals surface area contributed by atoms with E-state index in [0.29, 0.717) is 26.1 Å². The summed E-state index contributed by atoms with van der Waals surface area (Å²) in [7, 11) is 0. The van der Waals surface area contributed by atoms with E-state index in [4.69, 9.17) is 14.2 Å². The van der Waals surface area contributed by atoms with Crippen LogP contribution in [0.3, 0.4) is 0 Å². The maximum absolute atomic E-state index is 11.9. The fourth-order valence-corrected chi connectivity index (χ4v) is 7.02. The summed E-state index contributed by atoms with van der Waals surface area (Å²) in [6.45, 7) is 5.81. The summed E-state index contributed by atoms with van der Waals surface area (Å²) in [5.41, 5.74) is 0. The summed E-state index contributed by atoms with van der Waals surface area (Å²) in [6.07, 6.45) is 49.4. The van der Waals surface area contributed by atoms with Gasteiger partial charge in [0, 0.05) is 12.8 Å². The lowest BCUT2D eigenvalue weighted by atomic mass is 10.0. The molecule has 0 spiro atoms. The molecule has 0 saturated heterocycles. The molecular formula is C46H90O5. The Morgan fingerprint density at radius 3 is 0.686 bits per heavy atom. The number of hydrogen-bond acceptors (Lipinski definition) is 5. The Hall–Kier alpha value is -1.10. The molecule has 0 aromatic rings. The smallest absolute Gasteiger partial charge is 0.305 e. The molecule has 0 atom stereocenters. The van der Waals surface area contributed by atoms with Gasteiger partial charge in [-0.2, -0.15) is 0 Å². The summed E-state index contributed by atoms with van der Waals surface area (Å²) in [5.74, 6) is -0.267. The number of carbonyl (C=O) groups excluding carboxylic acids is 2. The van der Waals surface area contributed by atoms with E-state index >= 15 is 0 Å². The van der Waals surface area contributed by atoms with Crippen LogP contribution in [0.25, 0.3) is 0 Å². The molecule has 0 aliphatic carbocycles. The van der Waals surface area contributed by atoms with Crippen LogP contribution < -0.4 is 0 Å². The van der Waals surface area contributed by atoms with Gasteiger partial charge in [-0.15, -0.1) is 0 Å². The average molecular weight is 723 g/mol. The monoisotopic (exact) mass is 723 g/mol. The highest BCUT2D eigenvalue weighted by Crippen LogP contribution is 2.16. The lowest BCUT2D eigenvalue weighted by Gasteiger charge is -2.07. The van der Waals surface area contributed by atoms with Crippen LogP contribution in [0.5, 0.6) is 0 Å². The zero-order valence-corrected chi connectivity index (χ0v) is 34.7. The van der Waals surface area contributed by atoms with Crippen LogP contribution in [0, 0.1) is 0 Å². The van der Waals surface area contributed by atoms with Gasteiger partial charge < -0.3 is 14.2 Å². The van der Waals surface area contributed by atoms with Crippen molar-refractivity contribution >= 4 is 11.9 Å². The van der Waals surface area contributed by atoms with Gasteiger partial charge in [-0.05, 0) is 12.8 Å². The number of esters is 2. The molecule has 0 rings (SSSR count). The standard InChI is InChI=1S/C46H90O5/c1-3-5-7-9-11-13-15-17-19-21-23-25-27-29-31-33-35-37-39-45(47)50-43-41-49-42-44-51-46(48)40-38-36-34-32-30-28-26-24-22-20-18-16-14-12-10-8-6-4-2/h3-44H2,1-2H3. The normalized spacial score (nSPS) is 11.3. The van der Waals surface area contributed by atoms with Crippen LogP contribution in [-0.2, 0) is 23.8 Å². The van der Waals surface area contributed by atoms with E-state index in [9.17, 15) is 9.59 Å². The van der Waals surface area contributed by atoms with Gasteiger partial charge in [0.2, 0.25) is 0 Å². The van der Waals surface area contributed by atoms with Gasteiger partial charge in [-0.1, -0.05) is 232 Å². The lowest BCUT2D eigenvalue weighted by molar-refractivity contribution is -0.146. The number of rotatable bonds is 44. The van der Waals surface area contributed by atoms with E-state index in [1.807, 2.05) is 0 Å². The molecule has 0 N–H and O–H groups in total. The first-order chi connectivity index (χ1) is 25.2. The Bertz CT molecular complexity index is 625. The van der Waals surface area contributed by atoms with Crippen LogP contribution in [0.2, 0.25) is 0 Å². The van der Waals surface area contributed by atoms with Crippen molar-refractivity contribution in [3.8, 4) is 0 Å². The van der Waals surface area contributed by atoms with Gasteiger partial charge in [-0.25, -0.2) is 0 Å². The van der Waals surface area contributed by atoms with Crippen molar-refractivity contribution in [3.05, 3.63) is 0 Å². The second-order valence-corrected chi connectivity index (χ2v) is 15.6. The van der Waals surface area contributed by atoms with E-state index in [0.717, 1.165) is 25.7 Å². The first-order valence-corrected chi connectivity index (χ1v) is 23.1. The highest BCUT2D eigenvalue weighted by Gasteiger charge is 2.05. The Kier molecular flexibility index (Phi) is 44.1. The number of ether oxygens (including phenoxy) is 3. The molecule has 51 heavy (non-hydrogen) atoms. The van der Waals surface area contributed by atoms with Crippen molar-refractivity contribution in [3.63, 3.8) is 0 Å². The predicted octanol–water partition coefficient (Wildman–Crippen LogP) is 15.0. The summed E-state index contributed by atoms with van der Waals surface area (Å²) < 4.78 is 16.0. The van der Waals surface area contributed by atoms with Crippen LogP contribution in [-0.4, -0.2) is 38.4 Å². The van der Waals surface area contributed by atoms with Crippen LogP contribution in [0.1, 0.15) is 258 Å². The zero-order valence-electron chi connectivity index (χ0n) is 34.7. The molecule has 0 fully saturated rings. The Balaban J connectivity index is 3.23. The molecule has 5 nitrogen and oxygen atoms in total. The Labute approximate surface area is 319 Å². The third kappa shape index (κ3) is 45.0. The highest BCUT2D eigenvalue weighted by atomic mass is 16.6. The average Bonchev–Trinajstić information content (AvgIpc) is 3.13. The summed E-state index contributed by atoms with van der Waals surface area (Å²) in [5, 5.41) is 0. The van der Waals surface area contributed by atoms with Crippen molar-refractivity contribution < 1.29 is 23.8 Å². The summed E-state index contributed by atoms with van der Waals surface area (Å²) in [6, 6.07) is 0. The van der Waals surface area contributed by atoms with Gasteiger partial charge in [0.15, 0.2) is 0 Å². The second kappa shape index (κ2) is 45.1. The van der Waals surface area contributed by atoms with Gasteiger partial charge in [0.25, 0.3) is 0 Å². The van der Waals surface area contributed by atoms with E-state index in [2.05, 4.69) is 13.8 Å². The topological polar surface area (TPSA) is 61.8 Å². The van der Waals surface area contributed by atoms with Gasteiger partial charge in [0.05, 0.1) is 13.2 Å². The zero-order chi connectivity index (χ0) is 37.0. The van der Waals surface area contributed by atoms with Crippen molar-refractivity contribution in [1.82, 2.24) is 0 Å². The molecule has 5 heteroatoms. The Morgan fingerprint density at radius 1 is 0.275 bits per heavy atom. The molecule has 304 valence electrons. The SMILES string of the molecule is CCCCCCCCCCCCCCCCCCCCC(=O)OCCOCCOC(=O)CCCCCCCCCCCCCCCCCCCC. The minimum absolute atomic E-state index is 0.133. The largest absolute Gasteiger partial charge is 0.463 e. The minimum Gasteiger partial charge on any atom is -0.463 e. The molecule has 0 bridgehead atoms. The molecule has 0 heterocycles. The first-order valence-electron chi connectivity index (χ1n) is 23.1. The number of carbonyl (C=O) groups is 2. The molecule has 0 amide bonds. The van der Waals surface area contributed by atoms with E-state index < -0.39 is 0 Å². The maximum Gasteiger partial charge on any atom is 0.305 e. The van der Waals surface area contributed by atoms with Crippen molar-refractivity contribution in [2.45, 2.75) is 258 Å². The van der Waals surface area contributed by atoms with Gasteiger partial charge in [0.1, 0.15) is 13.2 Å². The fraction of sp³-hybridized carbons (Fsp3) is 0.957. The van der Waals surface area contributed by atoms with E-state index in [-0.39, 0.29) is 25.2 Å². The fourth-order valence-electron chi connectivity index (χ4n) is 7.02. The molecular weight excluding hydrogens is 633 g/mol. The quantitative estimate of drug-likeness (QED) is 0.0463. The van der Waals surface area contributed by atoms with E-state index in [1.54, 1.807) is 0 Å².